The third-order valence-electron chi connectivity index (χ3n) is 2.57. The third kappa shape index (κ3) is 2.79. The molecule has 98 valence electrons. The van der Waals surface area contributed by atoms with Crippen molar-refractivity contribution < 1.29 is 19.1 Å². The Balaban J connectivity index is 2.19. The summed E-state index contributed by atoms with van der Waals surface area (Å²) >= 11 is 0. The van der Waals surface area contributed by atoms with Gasteiger partial charge in [-0.1, -0.05) is 0 Å². The van der Waals surface area contributed by atoms with E-state index in [1.54, 1.807) is 19.1 Å². The van der Waals surface area contributed by atoms with E-state index in [0.29, 0.717) is 5.76 Å². The molecule has 0 bridgehead atoms. The predicted octanol–water partition coefficient (Wildman–Crippen LogP) is 1.86. The number of carbonyl (C=O) groups excluding carboxylic acids is 1. The van der Waals surface area contributed by atoms with Crippen molar-refractivity contribution >= 4 is 11.9 Å². The zero-order valence-electron chi connectivity index (χ0n) is 10.2. The number of nitrogens with zero attached hydrogens (tertiary/aromatic N) is 1. The molecule has 0 aliphatic carbocycles. The molecular formula is C13H12N2O4. The standard InChI is InChI=1S/C13H12N2O4/c1-8(10-5-3-7-19-10)15-12(16)11-9(13(17)18)4-2-6-14-11/h2-8H,1H3,(H,15,16)(H,17,18). The average molecular weight is 260 g/mol. The summed E-state index contributed by atoms with van der Waals surface area (Å²) < 4.78 is 5.16. The van der Waals surface area contributed by atoms with E-state index in [1.807, 2.05) is 0 Å². The maximum Gasteiger partial charge on any atom is 0.338 e. The van der Waals surface area contributed by atoms with Crippen molar-refractivity contribution in [1.82, 2.24) is 10.3 Å². The molecule has 2 heterocycles. The zero-order valence-corrected chi connectivity index (χ0v) is 10.2. The minimum atomic E-state index is -1.19. The molecule has 0 saturated carbocycles. The second kappa shape index (κ2) is 5.34. The number of amides is 1. The number of furan rings is 1. The quantitative estimate of drug-likeness (QED) is 0.875. The Morgan fingerprint density at radius 3 is 2.79 bits per heavy atom. The Bertz CT molecular complexity index is 592. The molecule has 1 unspecified atom stereocenters. The molecule has 0 spiro atoms. The van der Waals surface area contributed by atoms with Crippen LogP contribution in [-0.4, -0.2) is 22.0 Å². The fourth-order valence-corrected chi connectivity index (χ4v) is 1.63. The van der Waals surface area contributed by atoms with Crippen LogP contribution in [0, 0.1) is 0 Å². The lowest BCUT2D eigenvalue weighted by molar-refractivity contribution is 0.0689. The van der Waals surface area contributed by atoms with E-state index >= 15 is 0 Å². The first kappa shape index (κ1) is 12.8. The molecule has 19 heavy (non-hydrogen) atoms. The molecule has 2 aromatic rings. The van der Waals surface area contributed by atoms with Gasteiger partial charge in [0.2, 0.25) is 0 Å². The Hall–Kier alpha value is -2.63. The zero-order chi connectivity index (χ0) is 13.8. The van der Waals surface area contributed by atoms with Crippen LogP contribution < -0.4 is 5.32 Å². The van der Waals surface area contributed by atoms with Crippen LogP contribution >= 0.6 is 0 Å². The highest BCUT2D eigenvalue weighted by Gasteiger charge is 2.20. The summed E-state index contributed by atoms with van der Waals surface area (Å²) in [5, 5.41) is 11.6. The van der Waals surface area contributed by atoms with Gasteiger partial charge in [-0.25, -0.2) is 4.79 Å². The highest BCUT2D eigenvalue weighted by Crippen LogP contribution is 2.14. The van der Waals surface area contributed by atoms with Crippen LogP contribution in [0.2, 0.25) is 0 Å². The molecule has 1 atom stereocenters. The molecule has 0 aliphatic rings. The smallest absolute Gasteiger partial charge is 0.338 e. The number of aromatic nitrogens is 1. The number of rotatable bonds is 4. The number of carboxylic acid groups (broad SMARTS) is 1. The van der Waals surface area contributed by atoms with Crippen molar-refractivity contribution in [2.75, 3.05) is 0 Å². The molecule has 6 heteroatoms. The van der Waals surface area contributed by atoms with E-state index in [2.05, 4.69) is 10.3 Å². The molecule has 0 saturated heterocycles. The van der Waals surface area contributed by atoms with Crippen LogP contribution in [0.15, 0.2) is 41.1 Å². The largest absolute Gasteiger partial charge is 0.478 e. The first-order chi connectivity index (χ1) is 9.09. The summed E-state index contributed by atoms with van der Waals surface area (Å²) in [5.41, 5.74) is -0.250. The second-order valence-corrected chi connectivity index (χ2v) is 3.92. The number of carbonyl (C=O) groups is 2. The highest BCUT2D eigenvalue weighted by molar-refractivity contribution is 6.03. The Morgan fingerprint density at radius 2 is 2.16 bits per heavy atom. The van der Waals surface area contributed by atoms with Gasteiger partial charge in [0, 0.05) is 6.20 Å². The minimum Gasteiger partial charge on any atom is -0.478 e. The van der Waals surface area contributed by atoms with Gasteiger partial charge in [-0.3, -0.25) is 9.78 Å². The van der Waals surface area contributed by atoms with Crippen molar-refractivity contribution in [2.24, 2.45) is 0 Å². The molecule has 0 fully saturated rings. The third-order valence-corrected chi connectivity index (χ3v) is 2.57. The summed E-state index contributed by atoms with van der Waals surface area (Å²) in [7, 11) is 0. The van der Waals surface area contributed by atoms with Gasteiger partial charge in [0.25, 0.3) is 5.91 Å². The van der Waals surface area contributed by atoms with Crippen molar-refractivity contribution in [3.63, 3.8) is 0 Å². The number of hydrogen-bond acceptors (Lipinski definition) is 4. The molecule has 2 rings (SSSR count). The van der Waals surface area contributed by atoms with Crippen LogP contribution in [0.25, 0.3) is 0 Å². The molecule has 0 radical (unpaired) electrons. The topological polar surface area (TPSA) is 92.4 Å². The normalized spacial score (nSPS) is 11.8. The second-order valence-electron chi connectivity index (χ2n) is 3.92. The van der Waals surface area contributed by atoms with E-state index in [4.69, 9.17) is 9.52 Å². The number of aromatic carboxylic acids is 1. The van der Waals surface area contributed by atoms with Crippen molar-refractivity contribution in [2.45, 2.75) is 13.0 Å². The molecule has 0 aromatic carbocycles. The van der Waals surface area contributed by atoms with Gasteiger partial charge >= 0.3 is 5.97 Å². The first-order valence-corrected chi connectivity index (χ1v) is 5.62. The van der Waals surface area contributed by atoms with E-state index < -0.39 is 11.9 Å². The highest BCUT2D eigenvalue weighted by atomic mass is 16.4. The predicted molar refractivity (Wildman–Crippen MR) is 65.8 cm³/mol. The lowest BCUT2D eigenvalue weighted by Gasteiger charge is -2.11. The number of carboxylic acids is 1. The fraction of sp³-hybridized carbons (Fsp3) is 0.154. The van der Waals surface area contributed by atoms with Crippen LogP contribution in [0.1, 0.15) is 39.6 Å². The first-order valence-electron chi connectivity index (χ1n) is 5.62. The number of nitrogens with one attached hydrogen (secondary N) is 1. The number of pyridine rings is 1. The van der Waals surface area contributed by atoms with Gasteiger partial charge in [-0.05, 0) is 31.2 Å². The summed E-state index contributed by atoms with van der Waals surface area (Å²) in [5.74, 6) is -1.16. The maximum absolute atomic E-state index is 12.0. The van der Waals surface area contributed by atoms with Gasteiger partial charge in [0.1, 0.15) is 11.5 Å². The van der Waals surface area contributed by atoms with Gasteiger partial charge in [-0.2, -0.15) is 0 Å². The van der Waals surface area contributed by atoms with Gasteiger partial charge in [-0.15, -0.1) is 0 Å². The lowest BCUT2D eigenvalue weighted by atomic mass is 10.1. The maximum atomic E-state index is 12.0. The molecule has 0 aliphatic heterocycles. The minimum absolute atomic E-state index is 0.117. The Morgan fingerprint density at radius 1 is 1.37 bits per heavy atom. The number of hydrogen-bond donors (Lipinski definition) is 2. The Labute approximate surface area is 109 Å². The molecule has 1 amide bonds. The van der Waals surface area contributed by atoms with Crippen LogP contribution in [0.3, 0.4) is 0 Å². The van der Waals surface area contributed by atoms with Gasteiger partial charge in [0.15, 0.2) is 0 Å². The van der Waals surface area contributed by atoms with Gasteiger partial charge in [0.05, 0.1) is 17.9 Å². The molecule has 2 aromatic heterocycles. The van der Waals surface area contributed by atoms with E-state index in [-0.39, 0.29) is 17.3 Å². The fourth-order valence-electron chi connectivity index (χ4n) is 1.63. The summed E-state index contributed by atoms with van der Waals surface area (Å²) in [6.45, 7) is 1.74. The molecular weight excluding hydrogens is 248 g/mol. The SMILES string of the molecule is CC(NC(=O)c1ncccc1C(=O)O)c1ccco1. The van der Waals surface area contributed by atoms with E-state index in [1.165, 1.54) is 24.6 Å². The Kier molecular flexibility index (Phi) is 3.61. The van der Waals surface area contributed by atoms with E-state index in [0.717, 1.165) is 0 Å². The van der Waals surface area contributed by atoms with Crippen molar-refractivity contribution in [1.29, 1.82) is 0 Å². The van der Waals surface area contributed by atoms with Crippen molar-refractivity contribution in [3.05, 3.63) is 53.7 Å². The average Bonchev–Trinajstić information content (AvgIpc) is 2.92. The monoisotopic (exact) mass is 260 g/mol. The van der Waals surface area contributed by atoms with E-state index in [9.17, 15) is 9.59 Å². The van der Waals surface area contributed by atoms with Crippen LogP contribution in [0.5, 0.6) is 0 Å². The molecule has 2 N–H and O–H groups in total. The van der Waals surface area contributed by atoms with Crippen molar-refractivity contribution in [3.8, 4) is 0 Å². The van der Waals surface area contributed by atoms with Crippen LogP contribution in [-0.2, 0) is 0 Å². The van der Waals surface area contributed by atoms with Gasteiger partial charge < -0.3 is 14.8 Å². The summed E-state index contributed by atoms with van der Waals surface area (Å²) in [6, 6.07) is 5.87. The summed E-state index contributed by atoms with van der Waals surface area (Å²) in [6.07, 6.45) is 2.88. The van der Waals surface area contributed by atoms with Crippen LogP contribution in [0.4, 0.5) is 0 Å². The molecule has 6 nitrogen and oxygen atoms in total. The summed E-state index contributed by atoms with van der Waals surface area (Å²) in [4.78, 5) is 26.8. The lowest BCUT2D eigenvalue weighted by Crippen LogP contribution is -2.28.